The predicted molar refractivity (Wildman–Crippen MR) is 80.0 cm³/mol. The monoisotopic (exact) mass is 261 g/mol. The van der Waals surface area contributed by atoms with Crippen LogP contribution in [0, 0.1) is 11.3 Å². The first kappa shape index (κ1) is 14.5. The van der Waals surface area contributed by atoms with Gasteiger partial charge in [-0.05, 0) is 36.2 Å². The molecule has 19 heavy (non-hydrogen) atoms. The number of benzene rings is 1. The summed E-state index contributed by atoms with van der Waals surface area (Å²) in [6, 6.07) is 10.8. The van der Waals surface area contributed by atoms with Gasteiger partial charge in [-0.15, -0.1) is 0 Å². The molecular formula is C17H27NO. The third-order valence-corrected chi connectivity index (χ3v) is 4.49. The van der Waals surface area contributed by atoms with E-state index in [1.54, 1.807) is 0 Å². The molecule has 0 aliphatic heterocycles. The highest BCUT2D eigenvalue weighted by Crippen LogP contribution is 2.39. The van der Waals surface area contributed by atoms with Crippen LogP contribution in [0.5, 0.6) is 0 Å². The summed E-state index contributed by atoms with van der Waals surface area (Å²) >= 11 is 0. The van der Waals surface area contributed by atoms with Crippen LogP contribution in [0.2, 0.25) is 0 Å². The van der Waals surface area contributed by atoms with Crippen LogP contribution < -0.4 is 5.32 Å². The summed E-state index contributed by atoms with van der Waals surface area (Å²) in [4.78, 5) is 0. The van der Waals surface area contributed by atoms with Crippen LogP contribution in [0.15, 0.2) is 30.3 Å². The van der Waals surface area contributed by atoms with Gasteiger partial charge in [0.1, 0.15) is 0 Å². The van der Waals surface area contributed by atoms with Crippen molar-refractivity contribution in [2.75, 3.05) is 6.61 Å². The topological polar surface area (TPSA) is 32.3 Å². The molecule has 2 unspecified atom stereocenters. The van der Waals surface area contributed by atoms with Gasteiger partial charge >= 0.3 is 0 Å². The van der Waals surface area contributed by atoms with Crippen molar-refractivity contribution in [1.82, 2.24) is 5.32 Å². The van der Waals surface area contributed by atoms with E-state index in [0.717, 1.165) is 0 Å². The normalized spacial score (nSPS) is 28.0. The summed E-state index contributed by atoms with van der Waals surface area (Å²) in [5, 5.41) is 13.3. The molecule has 1 aliphatic carbocycles. The number of hydrogen-bond acceptors (Lipinski definition) is 2. The minimum Gasteiger partial charge on any atom is -0.394 e. The lowest BCUT2D eigenvalue weighted by Gasteiger charge is -2.41. The van der Waals surface area contributed by atoms with Crippen LogP contribution in [-0.2, 0) is 0 Å². The van der Waals surface area contributed by atoms with Gasteiger partial charge in [-0.2, -0.15) is 0 Å². The van der Waals surface area contributed by atoms with Crippen LogP contribution in [0.4, 0.5) is 0 Å². The van der Waals surface area contributed by atoms with Crippen molar-refractivity contribution < 1.29 is 5.11 Å². The second-order valence-corrected chi connectivity index (χ2v) is 6.80. The molecular weight excluding hydrogens is 234 g/mol. The van der Waals surface area contributed by atoms with Gasteiger partial charge in [0.25, 0.3) is 0 Å². The van der Waals surface area contributed by atoms with E-state index in [9.17, 15) is 5.11 Å². The number of aliphatic hydroxyl groups excluding tert-OH is 1. The molecule has 0 bridgehead atoms. The maximum absolute atomic E-state index is 9.64. The van der Waals surface area contributed by atoms with E-state index in [-0.39, 0.29) is 12.6 Å². The Balaban J connectivity index is 2.00. The zero-order valence-corrected chi connectivity index (χ0v) is 12.4. The fourth-order valence-corrected chi connectivity index (χ4v) is 3.39. The molecule has 0 radical (unpaired) electrons. The molecule has 1 fully saturated rings. The minimum atomic E-state index is 0.0647. The van der Waals surface area contributed by atoms with Gasteiger partial charge in [0.05, 0.1) is 12.6 Å². The SMILES string of the molecule is CC1CC(C)(C)CCC1N[C@H](CO)c1ccccc1. The zero-order chi connectivity index (χ0) is 13.9. The van der Waals surface area contributed by atoms with Crippen molar-refractivity contribution in [3.8, 4) is 0 Å². The zero-order valence-electron chi connectivity index (χ0n) is 12.4. The number of nitrogens with one attached hydrogen (secondary N) is 1. The lowest BCUT2D eigenvalue weighted by atomic mass is 9.70. The molecule has 0 aromatic heterocycles. The Morgan fingerprint density at radius 2 is 2.00 bits per heavy atom. The van der Waals surface area contributed by atoms with Gasteiger partial charge in [0.2, 0.25) is 0 Å². The molecule has 1 aromatic carbocycles. The van der Waals surface area contributed by atoms with Crippen molar-refractivity contribution in [2.24, 2.45) is 11.3 Å². The minimum absolute atomic E-state index is 0.0647. The highest BCUT2D eigenvalue weighted by atomic mass is 16.3. The first-order valence-electron chi connectivity index (χ1n) is 7.44. The van der Waals surface area contributed by atoms with E-state index in [2.05, 4.69) is 38.2 Å². The lowest BCUT2D eigenvalue weighted by molar-refractivity contribution is 0.129. The second kappa shape index (κ2) is 6.06. The van der Waals surface area contributed by atoms with Crippen molar-refractivity contribution in [2.45, 2.75) is 52.1 Å². The average molecular weight is 261 g/mol. The van der Waals surface area contributed by atoms with Crippen LogP contribution >= 0.6 is 0 Å². The fourth-order valence-electron chi connectivity index (χ4n) is 3.39. The molecule has 106 valence electrons. The maximum atomic E-state index is 9.64. The molecule has 0 amide bonds. The quantitative estimate of drug-likeness (QED) is 0.869. The average Bonchev–Trinajstić information content (AvgIpc) is 2.38. The fraction of sp³-hybridized carbons (Fsp3) is 0.647. The smallest absolute Gasteiger partial charge is 0.0626 e. The second-order valence-electron chi connectivity index (χ2n) is 6.80. The summed E-state index contributed by atoms with van der Waals surface area (Å²) in [5.41, 5.74) is 1.65. The van der Waals surface area contributed by atoms with Gasteiger partial charge in [-0.3, -0.25) is 0 Å². The van der Waals surface area contributed by atoms with Gasteiger partial charge in [0.15, 0.2) is 0 Å². The van der Waals surface area contributed by atoms with Gasteiger partial charge in [-0.25, -0.2) is 0 Å². The predicted octanol–water partition coefficient (Wildman–Crippen LogP) is 3.52. The van der Waals surface area contributed by atoms with E-state index in [4.69, 9.17) is 0 Å². The van der Waals surface area contributed by atoms with Crippen molar-refractivity contribution in [3.05, 3.63) is 35.9 Å². The summed E-state index contributed by atoms with van der Waals surface area (Å²) in [6.07, 6.45) is 3.73. The number of aliphatic hydroxyl groups is 1. The third kappa shape index (κ3) is 3.80. The van der Waals surface area contributed by atoms with Gasteiger partial charge < -0.3 is 10.4 Å². The molecule has 2 rings (SSSR count). The van der Waals surface area contributed by atoms with E-state index < -0.39 is 0 Å². The Kier molecular flexibility index (Phi) is 4.64. The van der Waals surface area contributed by atoms with Crippen molar-refractivity contribution in [3.63, 3.8) is 0 Å². The Morgan fingerprint density at radius 1 is 1.32 bits per heavy atom. The highest BCUT2D eigenvalue weighted by molar-refractivity contribution is 5.19. The standard InChI is InChI=1S/C17H27NO/c1-13-11-17(2,3)10-9-15(13)18-16(12-19)14-7-5-4-6-8-14/h4-8,13,15-16,18-19H,9-12H2,1-3H3/t13?,15?,16-/m1/s1. The van der Waals surface area contributed by atoms with E-state index >= 15 is 0 Å². The largest absolute Gasteiger partial charge is 0.394 e. The first-order chi connectivity index (χ1) is 9.02. The Bertz CT molecular complexity index is 388. The molecule has 0 spiro atoms. The number of hydrogen-bond donors (Lipinski definition) is 2. The van der Waals surface area contributed by atoms with Crippen LogP contribution in [0.25, 0.3) is 0 Å². The van der Waals surface area contributed by atoms with Crippen LogP contribution in [-0.4, -0.2) is 17.8 Å². The molecule has 2 heteroatoms. The van der Waals surface area contributed by atoms with Crippen LogP contribution in [0.3, 0.4) is 0 Å². The lowest BCUT2D eigenvalue weighted by Crippen LogP contribution is -2.44. The van der Waals surface area contributed by atoms with E-state index in [0.29, 0.717) is 17.4 Å². The van der Waals surface area contributed by atoms with Gasteiger partial charge in [0, 0.05) is 6.04 Å². The Hall–Kier alpha value is -0.860. The first-order valence-corrected chi connectivity index (χ1v) is 7.44. The van der Waals surface area contributed by atoms with E-state index in [1.165, 1.54) is 24.8 Å². The van der Waals surface area contributed by atoms with Crippen molar-refractivity contribution >= 4 is 0 Å². The van der Waals surface area contributed by atoms with Gasteiger partial charge in [-0.1, -0.05) is 51.1 Å². The molecule has 1 aromatic rings. The molecule has 2 nitrogen and oxygen atoms in total. The Morgan fingerprint density at radius 3 is 2.58 bits per heavy atom. The van der Waals surface area contributed by atoms with Crippen molar-refractivity contribution in [1.29, 1.82) is 0 Å². The van der Waals surface area contributed by atoms with Crippen LogP contribution in [0.1, 0.15) is 51.6 Å². The summed E-state index contributed by atoms with van der Waals surface area (Å²) in [6.45, 7) is 7.22. The molecule has 3 atom stereocenters. The highest BCUT2D eigenvalue weighted by Gasteiger charge is 2.33. The molecule has 2 N–H and O–H groups in total. The number of rotatable bonds is 4. The Labute approximate surface area is 117 Å². The molecule has 0 saturated heterocycles. The summed E-state index contributed by atoms with van der Waals surface area (Å²) in [7, 11) is 0. The van der Waals surface area contributed by atoms with E-state index in [1.807, 2.05) is 18.2 Å². The molecule has 0 heterocycles. The third-order valence-electron chi connectivity index (χ3n) is 4.49. The molecule has 1 saturated carbocycles. The summed E-state index contributed by atoms with van der Waals surface area (Å²) in [5.74, 6) is 0.668. The maximum Gasteiger partial charge on any atom is 0.0626 e. The summed E-state index contributed by atoms with van der Waals surface area (Å²) < 4.78 is 0. The molecule has 1 aliphatic rings.